The van der Waals surface area contributed by atoms with Crippen molar-refractivity contribution in [3.05, 3.63) is 35.9 Å². The number of amides is 1. The molecule has 2 aromatic rings. The van der Waals surface area contributed by atoms with Gasteiger partial charge >= 0.3 is 0 Å². The number of hydrogen-bond donors (Lipinski definition) is 0. The highest BCUT2D eigenvalue weighted by Crippen LogP contribution is 2.32. The van der Waals surface area contributed by atoms with Crippen LogP contribution in [0.15, 0.2) is 27.5 Å². The average Bonchev–Trinajstić information content (AvgIpc) is 3.47. The predicted octanol–water partition coefficient (Wildman–Crippen LogP) is 2.63. The number of hydrogen-bond acceptors (Lipinski definition) is 7. The molecule has 1 atom stereocenters. The van der Waals surface area contributed by atoms with Crippen LogP contribution in [0.3, 0.4) is 0 Å². The molecule has 0 spiro atoms. The second-order valence-electron chi connectivity index (χ2n) is 7.10. The lowest BCUT2D eigenvalue weighted by Crippen LogP contribution is -2.30. The molecule has 2 aliphatic rings. The van der Waals surface area contributed by atoms with Gasteiger partial charge in [-0.15, -0.1) is 0 Å². The van der Waals surface area contributed by atoms with Crippen molar-refractivity contribution in [1.82, 2.24) is 15.0 Å². The van der Waals surface area contributed by atoms with Gasteiger partial charge in [-0.1, -0.05) is 5.16 Å². The quantitative estimate of drug-likeness (QED) is 0.687. The van der Waals surface area contributed by atoms with Crippen LogP contribution in [0.25, 0.3) is 0 Å². The van der Waals surface area contributed by atoms with E-state index in [0.717, 1.165) is 45.5 Å². The standard InChI is InChI=1S/C19H25N3O5/c23-19(15-5-10-26-13-15)22-7-1-2-16(22)18-20-17(21-27-18)6-11-25-12-14-3-8-24-9-4-14/h5,10,13-14,16H,1-4,6-9,11-12H2. The third-order valence-electron chi connectivity index (χ3n) is 5.22. The van der Waals surface area contributed by atoms with E-state index in [9.17, 15) is 4.79 Å². The number of carbonyl (C=O) groups is 1. The lowest BCUT2D eigenvalue weighted by Gasteiger charge is -2.21. The Kier molecular flexibility index (Phi) is 5.84. The zero-order valence-corrected chi connectivity index (χ0v) is 15.3. The maximum Gasteiger partial charge on any atom is 0.257 e. The Labute approximate surface area is 157 Å². The average molecular weight is 375 g/mol. The zero-order chi connectivity index (χ0) is 18.5. The maximum absolute atomic E-state index is 12.6. The van der Waals surface area contributed by atoms with Gasteiger partial charge in [-0.25, -0.2) is 0 Å². The van der Waals surface area contributed by atoms with Crippen LogP contribution in [0.4, 0.5) is 0 Å². The first kappa shape index (κ1) is 18.2. The lowest BCUT2D eigenvalue weighted by atomic mass is 10.0. The molecule has 4 rings (SSSR count). The molecule has 0 radical (unpaired) electrons. The van der Waals surface area contributed by atoms with Crippen molar-refractivity contribution >= 4 is 5.91 Å². The van der Waals surface area contributed by atoms with Gasteiger partial charge < -0.3 is 23.3 Å². The summed E-state index contributed by atoms with van der Waals surface area (Å²) in [6.07, 6.45) is 7.44. The summed E-state index contributed by atoms with van der Waals surface area (Å²) >= 11 is 0. The van der Waals surface area contributed by atoms with E-state index in [1.54, 1.807) is 11.0 Å². The highest BCUT2D eigenvalue weighted by atomic mass is 16.5. The molecule has 4 heterocycles. The van der Waals surface area contributed by atoms with Crippen LogP contribution in [0.2, 0.25) is 0 Å². The largest absolute Gasteiger partial charge is 0.472 e. The molecular weight excluding hydrogens is 350 g/mol. The normalized spacial score (nSPS) is 21.0. The van der Waals surface area contributed by atoms with Gasteiger partial charge in [0.25, 0.3) is 5.91 Å². The third kappa shape index (κ3) is 4.39. The van der Waals surface area contributed by atoms with E-state index < -0.39 is 0 Å². The molecule has 146 valence electrons. The molecule has 0 aromatic carbocycles. The summed E-state index contributed by atoms with van der Waals surface area (Å²) in [5.74, 6) is 1.65. The predicted molar refractivity (Wildman–Crippen MR) is 94.1 cm³/mol. The molecule has 2 saturated heterocycles. The van der Waals surface area contributed by atoms with E-state index in [1.807, 2.05) is 0 Å². The Bertz CT molecular complexity index is 724. The van der Waals surface area contributed by atoms with E-state index in [4.69, 9.17) is 18.4 Å². The van der Waals surface area contributed by atoms with Crippen molar-refractivity contribution in [3.8, 4) is 0 Å². The van der Waals surface area contributed by atoms with Crippen molar-refractivity contribution in [3.63, 3.8) is 0 Å². The maximum atomic E-state index is 12.6. The Hall–Kier alpha value is -2.19. The van der Waals surface area contributed by atoms with Gasteiger partial charge in [-0.2, -0.15) is 4.98 Å². The molecule has 0 saturated carbocycles. The van der Waals surface area contributed by atoms with Crippen molar-refractivity contribution in [2.75, 3.05) is 33.0 Å². The van der Waals surface area contributed by atoms with Gasteiger partial charge in [-0.3, -0.25) is 4.79 Å². The number of nitrogens with zero attached hydrogens (tertiary/aromatic N) is 3. The van der Waals surface area contributed by atoms with E-state index in [0.29, 0.717) is 42.8 Å². The van der Waals surface area contributed by atoms with Crippen LogP contribution >= 0.6 is 0 Å². The van der Waals surface area contributed by atoms with Gasteiger partial charge in [0.1, 0.15) is 12.3 Å². The van der Waals surface area contributed by atoms with E-state index in [2.05, 4.69) is 10.1 Å². The first-order valence-corrected chi connectivity index (χ1v) is 9.62. The Morgan fingerprint density at radius 1 is 1.30 bits per heavy atom. The van der Waals surface area contributed by atoms with Crippen LogP contribution in [0.1, 0.15) is 53.8 Å². The van der Waals surface area contributed by atoms with Gasteiger partial charge in [0.05, 0.1) is 18.4 Å². The molecule has 0 aliphatic carbocycles. The number of rotatable bonds is 7. The Morgan fingerprint density at radius 3 is 3.00 bits per heavy atom. The first-order chi connectivity index (χ1) is 13.3. The summed E-state index contributed by atoms with van der Waals surface area (Å²) < 4.78 is 21.6. The second kappa shape index (κ2) is 8.67. The van der Waals surface area contributed by atoms with Gasteiger partial charge in [0.2, 0.25) is 5.89 Å². The van der Waals surface area contributed by atoms with Crippen molar-refractivity contribution in [1.29, 1.82) is 0 Å². The molecular formula is C19H25N3O5. The summed E-state index contributed by atoms with van der Waals surface area (Å²) in [6, 6.07) is 1.50. The molecule has 1 unspecified atom stereocenters. The summed E-state index contributed by atoms with van der Waals surface area (Å²) in [7, 11) is 0. The monoisotopic (exact) mass is 375 g/mol. The summed E-state index contributed by atoms with van der Waals surface area (Å²) in [6.45, 7) is 3.66. The minimum atomic E-state index is -0.170. The SMILES string of the molecule is O=C(c1ccoc1)N1CCCC1c1nc(CCOCC2CCOCC2)no1. The second-order valence-corrected chi connectivity index (χ2v) is 7.10. The Morgan fingerprint density at radius 2 is 2.19 bits per heavy atom. The highest BCUT2D eigenvalue weighted by Gasteiger charge is 2.34. The van der Waals surface area contributed by atoms with E-state index >= 15 is 0 Å². The number of ether oxygens (including phenoxy) is 2. The summed E-state index contributed by atoms with van der Waals surface area (Å²) in [4.78, 5) is 18.9. The van der Waals surface area contributed by atoms with E-state index in [1.165, 1.54) is 12.5 Å². The summed E-state index contributed by atoms with van der Waals surface area (Å²) in [5.41, 5.74) is 0.545. The van der Waals surface area contributed by atoms with Crippen molar-refractivity contribution in [2.45, 2.75) is 38.1 Å². The molecule has 2 fully saturated rings. The van der Waals surface area contributed by atoms with Crippen LogP contribution in [-0.4, -0.2) is 53.9 Å². The molecule has 8 nitrogen and oxygen atoms in total. The molecule has 2 aromatic heterocycles. The topological polar surface area (TPSA) is 90.8 Å². The molecule has 1 amide bonds. The van der Waals surface area contributed by atoms with Gasteiger partial charge in [0, 0.05) is 32.8 Å². The van der Waals surface area contributed by atoms with Gasteiger partial charge in [0.15, 0.2) is 5.82 Å². The number of carbonyl (C=O) groups excluding carboxylic acids is 1. The van der Waals surface area contributed by atoms with Crippen LogP contribution in [0, 0.1) is 5.92 Å². The number of furan rings is 1. The zero-order valence-electron chi connectivity index (χ0n) is 15.3. The highest BCUT2D eigenvalue weighted by molar-refractivity contribution is 5.94. The van der Waals surface area contributed by atoms with Gasteiger partial charge in [-0.05, 0) is 37.7 Å². The fourth-order valence-corrected chi connectivity index (χ4v) is 3.65. The van der Waals surface area contributed by atoms with E-state index in [-0.39, 0.29) is 11.9 Å². The molecule has 27 heavy (non-hydrogen) atoms. The molecule has 2 aliphatic heterocycles. The third-order valence-corrected chi connectivity index (χ3v) is 5.22. The molecule has 0 N–H and O–H groups in total. The van der Waals surface area contributed by atoms with Crippen LogP contribution < -0.4 is 0 Å². The van der Waals surface area contributed by atoms with Crippen LogP contribution in [0.5, 0.6) is 0 Å². The first-order valence-electron chi connectivity index (χ1n) is 9.62. The summed E-state index contributed by atoms with van der Waals surface area (Å²) in [5, 5.41) is 4.06. The fraction of sp³-hybridized carbons (Fsp3) is 0.632. The minimum absolute atomic E-state index is 0.0641. The number of likely N-dealkylation sites (tertiary alicyclic amines) is 1. The van der Waals surface area contributed by atoms with Crippen molar-refractivity contribution in [2.24, 2.45) is 5.92 Å². The Balaban J connectivity index is 1.28. The number of aromatic nitrogens is 2. The lowest BCUT2D eigenvalue weighted by molar-refractivity contribution is 0.0211. The molecule has 8 heteroatoms. The fourth-order valence-electron chi connectivity index (χ4n) is 3.65. The van der Waals surface area contributed by atoms with Crippen molar-refractivity contribution < 1.29 is 23.2 Å². The smallest absolute Gasteiger partial charge is 0.257 e. The minimum Gasteiger partial charge on any atom is -0.472 e. The van der Waals surface area contributed by atoms with Crippen LogP contribution in [-0.2, 0) is 15.9 Å². The molecule has 0 bridgehead atoms.